The quantitative estimate of drug-likeness (QED) is 0.756. The largest absolute Gasteiger partial charge is 0.478 e. The van der Waals surface area contributed by atoms with Crippen LogP contribution in [0.1, 0.15) is 30.1 Å². The van der Waals surface area contributed by atoms with E-state index in [2.05, 4.69) is 26.6 Å². The van der Waals surface area contributed by atoms with Crippen LogP contribution in [0.2, 0.25) is 0 Å². The van der Waals surface area contributed by atoms with Crippen LogP contribution in [0.3, 0.4) is 0 Å². The number of carbonyl (C=O) groups is 2. The van der Waals surface area contributed by atoms with Gasteiger partial charge in [0.2, 0.25) is 0 Å². The molecule has 2 amide bonds. The Bertz CT molecular complexity index is 544. The highest BCUT2D eigenvalue weighted by molar-refractivity contribution is 9.10. The van der Waals surface area contributed by atoms with Crippen molar-refractivity contribution in [2.75, 3.05) is 11.9 Å². The lowest BCUT2D eigenvalue weighted by molar-refractivity contribution is -0.00673. The number of aromatic carboxylic acids is 1. The first kappa shape index (κ1) is 15.8. The van der Waals surface area contributed by atoms with Crippen LogP contribution >= 0.6 is 15.9 Å². The number of hydrogen-bond acceptors (Lipinski definition) is 3. The molecule has 1 aromatic rings. The van der Waals surface area contributed by atoms with Gasteiger partial charge in [0, 0.05) is 17.1 Å². The average molecular weight is 357 g/mol. The highest BCUT2D eigenvalue weighted by atomic mass is 79.9. The molecule has 0 unspecified atom stereocenters. The average Bonchev–Trinajstić information content (AvgIpc) is 2.38. The molecule has 0 spiro atoms. The fourth-order valence-electron chi connectivity index (χ4n) is 2.22. The van der Waals surface area contributed by atoms with E-state index in [0.717, 1.165) is 12.8 Å². The molecule has 114 valence electrons. The molecule has 0 bridgehead atoms. The van der Waals surface area contributed by atoms with Crippen molar-refractivity contribution in [1.82, 2.24) is 5.32 Å². The van der Waals surface area contributed by atoms with Crippen molar-refractivity contribution in [1.29, 1.82) is 0 Å². The topological polar surface area (TPSA) is 87.7 Å². The highest BCUT2D eigenvalue weighted by Crippen LogP contribution is 2.27. The maximum Gasteiger partial charge on any atom is 0.337 e. The smallest absolute Gasteiger partial charge is 0.337 e. The summed E-state index contributed by atoms with van der Waals surface area (Å²) in [5.41, 5.74) is 0.295. The number of carbonyl (C=O) groups excluding carboxylic acids is 1. The fraction of sp³-hybridized carbons (Fsp3) is 0.429. The monoisotopic (exact) mass is 356 g/mol. The van der Waals surface area contributed by atoms with E-state index in [9.17, 15) is 9.59 Å². The summed E-state index contributed by atoms with van der Waals surface area (Å²) in [5.74, 6) is -1.09. The first-order chi connectivity index (χ1) is 10.0. The van der Waals surface area contributed by atoms with Gasteiger partial charge < -0.3 is 20.5 Å². The zero-order valence-corrected chi connectivity index (χ0v) is 13.1. The second-order valence-corrected chi connectivity index (χ2v) is 5.67. The summed E-state index contributed by atoms with van der Waals surface area (Å²) in [4.78, 5) is 23.1. The van der Waals surface area contributed by atoms with Gasteiger partial charge in [0.15, 0.2) is 0 Å². The Hall–Kier alpha value is -1.60. The Morgan fingerprint density at radius 1 is 1.43 bits per heavy atom. The van der Waals surface area contributed by atoms with E-state index in [1.54, 1.807) is 12.1 Å². The Balaban J connectivity index is 1.93. The third-order valence-corrected chi connectivity index (χ3v) is 3.98. The van der Waals surface area contributed by atoms with Crippen LogP contribution in [-0.2, 0) is 4.74 Å². The van der Waals surface area contributed by atoms with Gasteiger partial charge in [0.05, 0.1) is 17.4 Å². The van der Waals surface area contributed by atoms with Gasteiger partial charge in [-0.2, -0.15) is 0 Å². The summed E-state index contributed by atoms with van der Waals surface area (Å²) < 4.78 is 5.95. The van der Waals surface area contributed by atoms with Crippen molar-refractivity contribution in [2.24, 2.45) is 0 Å². The van der Waals surface area contributed by atoms with Crippen LogP contribution in [0.5, 0.6) is 0 Å². The van der Waals surface area contributed by atoms with E-state index in [0.29, 0.717) is 11.1 Å². The summed E-state index contributed by atoms with van der Waals surface area (Å²) in [6.07, 6.45) is 1.77. The number of amides is 2. The maximum atomic E-state index is 11.9. The molecule has 1 fully saturated rings. The standard InChI is InChI=1S/C14H17BrN2O4/c1-2-21-9-6-8(7-9)16-14(20)17-12-10(13(18)19)4-3-5-11(12)15/h3-5,8-9H,2,6-7H2,1H3,(H,18,19)(H2,16,17,20). The minimum atomic E-state index is -1.09. The number of anilines is 1. The highest BCUT2D eigenvalue weighted by Gasteiger charge is 2.30. The van der Waals surface area contributed by atoms with E-state index >= 15 is 0 Å². The Morgan fingerprint density at radius 3 is 2.76 bits per heavy atom. The summed E-state index contributed by atoms with van der Waals surface area (Å²) in [6, 6.07) is 4.38. The molecule has 0 aliphatic heterocycles. The van der Waals surface area contributed by atoms with E-state index in [4.69, 9.17) is 9.84 Å². The molecule has 6 nitrogen and oxygen atoms in total. The minimum absolute atomic E-state index is 0.0420. The molecule has 21 heavy (non-hydrogen) atoms. The number of nitrogens with one attached hydrogen (secondary N) is 2. The van der Waals surface area contributed by atoms with Gasteiger partial charge in [-0.05, 0) is 47.8 Å². The predicted octanol–water partition coefficient (Wildman–Crippen LogP) is 2.84. The second kappa shape index (κ2) is 6.91. The summed E-state index contributed by atoms with van der Waals surface area (Å²) >= 11 is 3.25. The van der Waals surface area contributed by atoms with E-state index in [1.165, 1.54) is 6.07 Å². The van der Waals surface area contributed by atoms with Crippen molar-refractivity contribution < 1.29 is 19.4 Å². The van der Waals surface area contributed by atoms with Crippen molar-refractivity contribution in [3.8, 4) is 0 Å². The SMILES string of the molecule is CCOC1CC(NC(=O)Nc2c(Br)cccc2C(=O)O)C1. The van der Waals surface area contributed by atoms with Gasteiger partial charge in [0.1, 0.15) is 0 Å². The van der Waals surface area contributed by atoms with Crippen molar-refractivity contribution in [2.45, 2.75) is 31.9 Å². The van der Waals surface area contributed by atoms with Crippen LogP contribution in [-0.4, -0.2) is 35.9 Å². The number of benzene rings is 1. The molecule has 7 heteroatoms. The second-order valence-electron chi connectivity index (χ2n) is 4.81. The minimum Gasteiger partial charge on any atom is -0.478 e. The molecule has 1 saturated carbocycles. The van der Waals surface area contributed by atoms with E-state index < -0.39 is 12.0 Å². The van der Waals surface area contributed by atoms with Gasteiger partial charge in [0.25, 0.3) is 0 Å². The molecule has 0 saturated heterocycles. The van der Waals surface area contributed by atoms with Crippen molar-refractivity contribution in [3.63, 3.8) is 0 Å². The van der Waals surface area contributed by atoms with Crippen molar-refractivity contribution in [3.05, 3.63) is 28.2 Å². The van der Waals surface area contributed by atoms with E-state index in [-0.39, 0.29) is 23.4 Å². The third-order valence-electron chi connectivity index (χ3n) is 3.31. The van der Waals surface area contributed by atoms with Crippen LogP contribution in [0.4, 0.5) is 10.5 Å². The normalized spacial score (nSPS) is 20.5. The molecular weight excluding hydrogens is 340 g/mol. The Morgan fingerprint density at radius 2 is 2.14 bits per heavy atom. The zero-order chi connectivity index (χ0) is 15.4. The lowest BCUT2D eigenvalue weighted by Gasteiger charge is -2.35. The van der Waals surface area contributed by atoms with Crippen LogP contribution < -0.4 is 10.6 Å². The van der Waals surface area contributed by atoms with E-state index in [1.807, 2.05) is 6.92 Å². The summed E-state index contributed by atoms with van der Waals surface area (Å²) in [5, 5.41) is 14.5. The number of urea groups is 1. The molecule has 0 aromatic heterocycles. The molecule has 1 aromatic carbocycles. The number of ether oxygens (including phenoxy) is 1. The number of rotatable bonds is 5. The van der Waals surface area contributed by atoms with Gasteiger partial charge in [-0.3, -0.25) is 0 Å². The lowest BCUT2D eigenvalue weighted by atomic mass is 9.89. The fourth-order valence-corrected chi connectivity index (χ4v) is 2.69. The third kappa shape index (κ3) is 3.95. The molecule has 0 heterocycles. The molecule has 1 aliphatic rings. The number of halogens is 1. The molecular formula is C14H17BrN2O4. The van der Waals surface area contributed by atoms with Crippen molar-refractivity contribution >= 4 is 33.6 Å². The first-order valence-corrected chi connectivity index (χ1v) is 7.51. The van der Waals surface area contributed by atoms with Gasteiger partial charge in [-0.1, -0.05) is 6.07 Å². The zero-order valence-electron chi connectivity index (χ0n) is 11.6. The van der Waals surface area contributed by atoms with Gasteiger partial charge in [-0.15, -0.1) is 0 Å². The van der Waals surface area contributed by atoms with Gasteiger partial charge in [-0.25, -0.2) is 9.59 Å². The Kier molecular flexibility index (Phi) is 5.19. The Labute approximate surface area is 131 Å². The molecule has 3 N–H and O–H groups in total. The summed E-state index contributed by atoms with van der Waals surface area (Å²) in [6.45, 7) is 2.61. The molecule has 0 radical (unpaired) electrons. The number of para-hydroxylation sites is 1. The first-order valence-electron chi connectivity index (χ1n) is 6.72. The lowest BCUT2D eigenvalue weighted by Crippen LogP contribution is -2.49. The van der Waals surface area contributed by atoms with Crippen LogP contribution in [0.25, 0.3) is 0 Å². The van der Waals surface area contributed by atoms with Gasteiger partial charge >= 0.3 is 12.0 Å². The van der Waals surface area contributed by atoms with Crippen LogP contribution in [0, 0.1) is 0 Å². The number of carboxylic acids is 1. The van der Waals surface area contributed by atoms with Crippen LogP contribution in [0.15, 0.2) is 22.7 Å². The number of hydrogen-bond donors (Lipinski definition) is 3. The molecule has 1 aliphatic carbocycles. The molecule has 2 rings (SSSR count). The molecule has 0 atom stereocenters. The predicted molar refractivity (Wildman–Crippen MR) is 81.7 cm³/mol. The number of carboxylic acid groups (broad SMARTS) is 1. The summed E-state index contributed by atoms with van der Waals surface area (Å²) in [7, 11) is 0. The maximum absolute atomic E-state index is 11.9.